The molecule has 0 radical (unpaired) electrons. The zero-order valence-electron chi connectivity index (χ0n) is 16.4. The number of carbonyl (C=O) groups excluding carboxylic acids is 1. The van der Waals surface area contributed by atoms with Gasteiger partial charge in [0.25, 0.3) is 0 Å². The first-order valence-electron chi connectivity index (χ1n) is 9.34. The highest BCUT2D eigenvalue weighted by molar-refractivity contribution is 7.15. The largest absolute Gasteiger partial charge is 0.356 e. The van der Waals surface area contributed by atoms with E-state index in [1.807, 2.05) is 37.4 Å². The van der Waals surface area contributed by atoms with Crippen molar-refractivity contribution in [1.82, 2.24) is 19.8 Å². The number of thiazole rings is 1. The minimum atomic E-state index is -0.280. The standard InChI is InChI=1S/C21H15Cl2N5O2S/c1-10-5-14-16(27-30-18(14)6-11(10)2)8-19(29)24-20-25-21-28(26-20)17(9-31-21)13-4-3-12(22)7-15(13)23/h3-7,9H,8H2,1-2H3,(H,24,26,29). The molecule has 2 aromatic carbocycles. The molecule has 10 heteroatoms. The van der Waals surface area contributed by atoms with Crippen LogP contribution in [0.5, 0.6) is 0 Å². The van der Waals surface area contributed by atoms with Crippen molar-refractivity contribution in [2.24, 2.45) is 0 Å². The molecule has 31 heavy (non-hydrogen) atoms. The van der Waals surface area contributed by atoms with Gasteiger partial charge in [0.15, 0.2) is 5.58 Å². The lowest BCUT2D eigenvalue weighted by molar-refractivity contribution is -0.115. The summed E-state index contributed by atoms with van der Waals surface area (Å²) in [5.41, 5.74) is 5.00. The van der Waals surface area contributed by atoms with Gasteiger partial charge >= 0.3 is 0 Å². The van der Waals surface area contributed by atoms with Crippen LogP contribution >= 0.6 is 34.5 Å². The summed E-state index contributed by atoms with van der Waals surface area (Å²) < 4.78 is 7.02. The van der Waals surface area contributed by atoms with E-state index < -0.39 is 0 Å². The van der Waals surface area contributed by atoms with Crippen molar-refractivity contribution in [1.29, 1.82) is 0 Å². The van der Waals surface area contributed by atoms with Gasteiger partial charge in [-0.25, -0.2) is 4.52 Å². The maximum atomic E-state index is 12.6. The molecule has 3 heterocycles. The van der Waals surface area contributed by atoms with E-state index in [-0.39, 0.29) is 18.3 Å². The Hall–Kier alpha value is -2.94. The van der Waals surface area contributed by atoms with Crippen LogP contribution in [0, 0.1) is 13.8 Å². The lowest BCUT2D eigenvalue weighted by atomic mass is 10.1. The number of benzene rings is 2. The molecule has 0 aliphatic rings. The van der Waals surface area contributed by atoms with E-state index in [2.05, 4.69) is 20.6 Å². The van der Waals surface area contributed by atoms with Crippen LogP contribution in [0.15, 0.2) is 40.2 Å². The van der Waals surface area contributed by atoms with Gasteiger partial charge < -0.3 is 4.52 Å². The van der Waals surface area contributed by atoms with Crippen molar-refractivity contribution in [3.8, 4) is 11.3 Å². The fraction of sp³-hybridized carbons (Fsp3) is 0.143. The van der Waals surface area contributed by atoms with Crippen molar-refractivity contribution in [2.45, 2.75) is 20.3 Å². The molecule has 1 N–H and O–H groups in total. The molecular weight excluding hydrogens is 457 g/mol. The Morgan fingerprint density at radius 2 is 2.00 bits per heavy atom. The van der Waals surface area contributed by atoms with Crippen molar-refractivity contribution in [3.05, 3.63) is 62.6 Å². The molecule has 0 saturated heterocycles. The van der Waals surface area contributed by atoms with Gasteiger partial charge in [0.1, 0.15) is 5.69 Å². The molecule has 5 rings (SSSR count). The van der Waals surface area contributed by atoms with Gasteiger partial charge in [0.2, 0.25) is 16.8 Å². The number of nitrogens with zero attached hydrogens (tertiary/aromatic N) is 4. The number of fused-ring (bicyclic) bond motifs is 2. The lowest BCUT2D eigenvalue weighted by Gasteiger charge is -2.03. The fourth-order valence-electron chi connectivity index (χ4n) is 3.31. The van der Waals surface area contributed by atoms with Gasteiger partial charge in [0, 0.05) is 21.4 Å². The van der Waals surface area contributed by atoms with Crippen LogP contribution in [0.3, 0.4) is 0 Å². The number of hydrogen-bond donors (Lipinski definition) is 1. The van der Waals surface area contributed by atoms with Crippen molar-refractivity contribution in [3.63, 3.8) is 0 Å². The predicted octanol–water partition coefficient (Wildman–Crippen LogP) is 5.70. The maximum absolute atomic E-state index is 12.6. The molecule has 1 amide bonds. The highest BCUT2D eigenvalue weighted by atomic mass is 35.5. The third-order valence-electron chi connectivity index (χ3n) is 5.03. The second-order valence-corrected chi connectivity index (χ2v) is 8.84. The van der Waals surface area contributed by atoms with E-state index in [0.717, 1.165) is 27.8 Å². The Bertz CT molecular complexity index is 1470. The van der Waals surface area contributed by atoms with Crippen LogP contribution in [-0.4, -0.2) is 25.7 Å². The van der Waals surface area contributed by atoms with E-state index in [1.54, 1.807) is 16.6 Å². The summed E-state index contributed by atoms with van der Waals surface area (Å²) >= 11 is 13.7. The average molecular weight is 472 g/mol. The van der Waals surface area contributed by atoms with Gasteiger partial charge in [-0.1, -0.05) is 28.4 Å². The number of amides is 1. The molecule has 156 valence electrons. The summed E-state index contributed by atoms with van der Waals surface area (Å²) in [4.78, 5) is 17.6. The van der Waals surface area contributed by atoms with E-state index in [4.69, 9.17) is 27.7 Å². The Balaban J connectivity index is 1.39. The van der Waals surface area contributed by atoms with Crippen LogP contribution in [0.1, 0.15) is 16.8 Å². The molecule has 0 unspecified atom stereocenters. The summed E-state index contributed by atoms with van der Waals surface area (Å²) in [6.07, 6.45) is 0.0538. The van der Waals surface area contributed by atoms with E-state index in [0.29, 0.717) is 26.3 Å². The average Bonchev–Trinajstić information content (AvgIpc) is 3.38. The van der Waals surface area contributed by atoms with Crippen LogP contribution in [0.25, 0.3) is 27.2 Å². The molecular formula is C21H15Cl2N5O2S. The SMILES string of the molecule is Cc1cc2onc(CC(=O)Nc3nc4scc(-c5ccc(Cl)cc5Cl)n4n3)c2cc1C. The summed E-state index contributed by atoms with van der Waals surface area (Å²) in [5.74, 6) is -0.0687. The molecule has 0 spiro atoms. The molecule has 7 nitrogen and oxygen atoms in total. The van der Waals surface area contributed by atoms with Gasteiger partial charge in [-0.2, -0.15) is 4.98 Å². The zero-order valence-corrected chi connectivity index (χ0v) is 18.8. The Morgan fingerprint density at radius 3 is 2.81 bits per heavy atom. The maximum Gasteiger partial charge on any atom is 0.250 e. The van der Waals surface area contributed by atoms with Gasteiger partial charge in [-0.3, -0.25) is 10.1 Å². The molecule has 0 aliphatic heterocycles. The van der Waals surface area contributed by atoms with Crippen molar-refractivity contribution < 1.29 is 9.32 Å². The van der Waals surface area contributed by atoms with Gasteiger partial charge in [-0.05, 0) is 55.3 Å². The van der Waals surface area contributed by atoms with E-state index >= 15 is 0 Å². The second kappa shape index (κ2) is 7.64. The number of hydrogen-bond acceptors (Lipinski definition) is 6. The molecule has 0 atom stereocenters. The third kappa shape index (κ3) is 3.67. The van der Waals surface area contributed by atoms with Crippen LogP contribution in [-0.2, 0) is 11.2 Å². The van der Waals surface area contributed by atoms with Crippen LogP contribution < -0.4 is 5.32 Å². The predicted molar refractivity (Wildman–Crippen MR) is 122 cm³/mol. The first-order chi connectivity index (χ1) is 14.9. The zero-order chi connectivity index (χ0) is 21.7. The number of carbonyl (C=O) groups is 1. The van der Waals surface area contributed by atoms with Gasteiger partial charge in [0.05, 0.1) is 17.1 Å². The number of halogens is 2. The molecule has 0 fully saturated rings. The summed E-state index contributed by atoms with van der Waals surface area (Å²) in [7, 11) is 0. The summed E-state index contributed by atoms with van der Waals surface area (Å²) in [6, 6.07) is 9.17. The quantitative estimate of drug-likeness (QED) is 0.363. The van der Waals surface area contributed by atoms with Crippen molar-refractivity contribution >= 4 is 62.3 Å². The molecule has 3 aromatic heterocycles. The lowest BCUT2D eigenvalue weighted by Crippen LogP contribution is -2.16. The monoisotopic (exact) mass is 471 g/mol. The number of aryl methyl sites for hydroxylation is 2. The number of aromatic nitrogens is 4. The minimum Gasteiger partial charge on any atom is -0.356 e. The highest BCUT2D eigenvalue weighted by Gasteiger charge is 2.18. The van der Waals surface area contributed by atoms with E-state index in [9.17, 15) is 4.79 Å². The molecule has 0 aliphatic carbocycles. The van der Waals surface area contributed by atoms with Crippen LogP contribution in [0.2, 0.25) is 10.0 Å². The number of rotatable bonds is 4. The smallest absolute Gasteiger partial charge is 0.250 e. The fourth-order valence-corrected chi connectivity index (χ4v) is 4.64. The summed E-state index contributed by atoms with van der Waals surface area (Å²) in [6.45, 7) is 4.02. The Morgan fingerprint density at radius 1 is 1.19 bits per heavy atom. The van der Waals surface area contributed by atoms with Gasteiger partial charge in [-0.15, -0.1) is 16.4 Å². The molecule has 0 saturated carbocycles. The normalized spacial score (nSPS) is 11.5. The Labute approximate surface area is 190 Å². The first kappa shape index (κ1) is 20.0. The number of nitrogens with one attached hydrogen (secondary N) is 1. The van der Waals surface area contributed by atoms with E-state index in [1.165, 1.54) is 11.3 Å². The highest BCUT2D eigenvalue weighted by Crippen LogP contribution is 2.33. The Kier molecular flexibility index (Phi) is 4.92. The first-order valence-corrected chi connectivity index (χ1v) is 11.0. The molecule has 0 bridgehead atoms. The topological polar surface area (TPSA) is 85.3 Å². The number of anilines is 1. The minimum absolute atomic E-state index is 0.0538. The second-order valence-electron chi connectivity index (χ2n) is 7.16. The third-order valence-corrected chi connectivity index (χ3v) is 6.39. The summed E-state index contributed by atoms with van der Waals surface area (Å²) in [5, 5.41) is 15.0. The molecule has 5 aromatic rings. The van der Waals surface area contributed by atoms with Crippen LogP contribution in [0.4, 0.5) is 5.95 Å². The van der Waals surface area contributed by atoms with Crippen molar-refractivity contribution in [2.75, 3.05) is 5.32 Å².